The van der Waals surface area contributed by atoms with Gasteiger partial charge >= 0.3 is 8.80 Å². The fourth-order valence-electron chi connectivity index (χ4n) is 2.74. The molecule has 0 bridgehead atoms. The number of quaternary nitrogens is 1. The van der Waals surface area contributed by atoms with Crippen molar-refractivity contribution in [1.82, 2.24) is 0 Å². The summed E-state index contributed by atoms with van der Waals surface area (Å²) >= 11 is 0. The van der Waals surface area contributed by atoms with Gasteiger partial charge in [-0.15, -0.1) is 0 Å². The topological polar surface area (TPSA) is 82.1 Å². The van der Waals surface area contributed by atoms with E-state index >= 15 is 0 Å². The third kappa shape index (κ3) is 7.49. The Kier molecular flexibility index (Phi) is 9.95. The lowest BCUT2D eigenvalue weighted by molar-refractivity contribution is -0.925. The van der Waals surface area contributed by atoms with Crippen LogP contribution in [0.1, 0.15) is 26.7 Å². The molecule has 0 spiro atoms. The average molecular weight is 359 g/mol. The Bertz CT molecular complexity index is 387. The SMILES string of the molecule is CC[N+](CC)(CCC[Si](OC)(OC)OC)CCCS(=O)(=O)O. The van der Waals surface area contributed by atoms with Crippen molar-refractivity contribution in [2.45, 2.75) is 32.7 Å². The summed E-state index contributed by atoms with van der Waals surface area (Å²) in [4.78, 5) is 0. The molecule has 0 unspecified atom stereocenters. The summed E-state index contributed by atoms with van der Waals surface area (Å²) in [5.74, 6) is -0.181. The van der Waals surface area contributed by atoms with Crippen LogP contribution in [0, 0.1) is 0 Å². The van der Waals surface area contributed by atoms with E-state index < -0.39 is 18.9 Å². The highest BCUT2D eigenvalue weighted by molar-refractivity contribution is 7.85. The van der Waals surface area contributed by atoms with Crippen molar-refractivity contribution in [3.05, 3.63) is 0 Å². The molecule has 0 heterocycles. The van der Waals surface area contributed by atoms with Gasteiger partial charge in [0.25, 0.3) is 10.1 Å². The van der Waals surface area contributed by atoms with Gasteiger partial charge in [-0.05, 0) is 13.8 Å². The van der Waals surface area contributed by atoms with Crippen molar-refractivity contribution in [3.8, 4) is 0 Å². The lowest BCUT2D eigenvalue weighted by Crippen LogP contribution is -2.50. The van der Waals surface area contributed by atoms with Gasteiger partial charge in [0.05, 0.1) is 31.9 Å². The maximum absolute atomic E-state index is 10.9. The summed E-state index contributed by atoms with van der Waals surface area (Å²) in [7, 11) is -1.62. The first-order chi connectivity index (χ1) is 10.2. The molecule has 0 aliphatic carbocycles. The minimum Gasteiger partial charge on any atom is -0.377 e. The molecule has 0 atom stereocenters. The normalized spacial score (nSPS) is 13.5. The van der Waals surface area contributed by atoms with Crippen LogP contribution in [0.5, 0.6) is 0 Å². The molecule has 0 saturated heterocycles. The number of hydrogen-bond donors (Lipinski definition) is 1. The second-order valence-electron chi connectivity index (χ2n) is 5.46. The summed E-state index contributed by atoms with van der Waals surface area (Å²) < 4.78 is 47.7. The Balaban J connectivity index is 4.56. The van der Waals surface area contributed by atoms with E-state index in [1.54, 1.807) is 21.3 Å². The third-order valence-corrected chi connectivity index (χ3v) is 8.06. The Morgan fingerprint density at radius 3 is 1.77 bits per heavy atom. The molecule has 1 N–H and O–H groups in total. The molecule has 0 aromatic heterocycles. The lowest BCUT2D eigenvalue weighted by atomic mass is 10.2. The van der Waals surface area contributed by atoms with E-state index in [0.29, 0.717) is 6.42 Å². The van der Waals surface area contributed by atoms with Crippen LogP contribution >= 0.6 is 0 Å². The fraction of sp³-hybridized carbons (Fsp3) is 1.00. The van der Waals surface area contributed by atoms with E-state index in [1.165, 1.54) is 0 Å². The van der Waals surface area contributed by atoms with Crippen LogP contribution in [0.4, 0.5) is 0 Å². The van der Waals surface area contributed by atoms with E-state index in [9.17, 15) is 8.42 Å². The van der Waals surface area contributed by atoms with Gasteiger partial charge in [0.2, 0.25) is 0 Å². The smallest absolute Gasteiger partial charge is 0.377 e. The van der Waals surface area contributed by atoms with Gasteiger partial charge in [-0.1, -0.05) is 0 Å². The lowest BCUT2D eigenvalue weighted by Gasteiger charge is -2.37. The highest BCUT2D eigenvalue weighted by atomic mass is 32.2. The molecule has 0 aromatic carbocycles. The van der Waals surface area contributed by atoms with Crippen LogP contribution in [0.3, 0.4) is 0 Å². The molecule has 22 heavy (non-hydrogen) atoms. The van der Waals surface area contributed by atoms with Crippen molar-refractivity contribution in [1.29, 1.82) is 0 Å². The Morgan fingerprint density at radius 2 is 1.41 bits per heavy atom. The summed E-state index contributed by atoms with van der Waals surface area (Å²) in [6, 6.07) is 0.731. The quantitative estimate of drug-likeness (QED) is 0.304. The molecule has 0 aliphatic heterocycles. The average Bonchev–Trinajstić information content (AvgIpc) is 2.49. The maximum Gasteiger partial charge on any atom is 0.500 e. The van der Waals surface area contributed by atoms with Crippen LogP contribution in [0.2, 0.25) is 6.04 Å². The van der Waals surface area contributed by atoms with Crippen molar-refractivity contribution >= 4 is 18.9 Å². The Hall–Kier alpha value is -0.0331. The van der Waals surface area contributed by atoms with Crippen LogP contribution in [0.25, 0.3) is 0 Å². The molecule has 0 rings (SSSR count). The monoisotopic (exact) mass is 358 g/mol. The van der Waals surface area contributed by atoms with Gasteiger partial charge < -0.3 is 17.8 Å². The molecule has 0 fully saturated rings. The first kappa shape index (κ1) is 22.0. The Labute approximate surface area is 136 Å². The van der Waals surface area contributed by atoms with Crippen LogP contribution in [-0.4, -0.2) is 79.5 Å². The molecule has 134 valence electrons. The van der Waals surface area contributed by atoms with Gasteiger partial charge in [0.1, 0.15) is 0 Å². The molecule has 0 saturated carbocycles. The van der Waals surface area contributed by atoms with Crippen LogP contribution in [-0.2, 0) is 23.4 Å². The van der Waals surface area contributed by atoms with E-state index in [-0.39, 0.29) is 5.75 Å². The molecular formula is C13H32NO6SSi+. The van der Waals surface area contributed by atoms with E-state index in [2.05, 4.69) is 13.8 Å². The standard InChI is InChI=1S/C13H31NO6SSi/c1-6-14(7-2,10-8-12-21(15,16)17)11-9-13-22(18-3,19-4)20-5/h6-13H2,1-5H3/p+1. The van der Waals surface area contributed by atoms with Crippen molar-refractivity contribution in [3.63, 3.8) is 0 Å². The molecule has 0 amide bonds. The number of hydrogen-bond acceptors (Lipinski definition) is 5. The summed E-state index contributed by atoms with van der Waals surface area (Å²) in [6.45, 7) is 7.68. The minimum atomic E-state index is -3.88. The van der Waals surface area contributed by atoms with E-state index in [0.717, 1.165) is 43.1 Å². The minimum absolute atomic E-state index is 0.181. The highest BCUT2D eigenvalue weighted by Crippen LogP contribution is 2.18. The molecule has 0 aliphatic rings. The summed E-state index contributed by atoms with van der Waals surface area (Å²) in [5.41, 5.74) is 0. The van der Waals surface area contributed by atoms with Crippen LogP contribution in [0.15, 0.2) is 0 Å². The molecule has 0 radical (unpaired) electrons. The van der Waals surface area contributed by atoms with Gasteiger partial charge in [-0.25, -0.2) is 0 Å². The first-order valence-electron chi connectivity index (χ1n) is 7.67. The van der Waals surface area contributed by atoms with Crippen LogP contribution < -0.4 is 0 Å². The maximum atomic E-state index is 10.9. The molecule has 7 nitrogen and oxygen atoms in total. The van der Waals surface area contributed by atoms with Crippen molar-refractivity contribution < 1.29 is 30.7 Å². The zero-order valence-electron chi connectivity index (χ0n) is 14.5. The molecule has 0 aromatic rings. The fourth-order valence-corrected chi connectivity index (χ4v) is 4.93. The van der Waals surface area contributed by atoms with Gasteiger partial charge in [-0.3, -0.25) is 4.55 Å². The van der Waals surface area contributed by atoms with E-state index in [1.807, 2.05) is 0 Å². The van der Waals surface area contributed by atoms with E-state index in [4.69, 9.17) is 17.8 Å². The predicted octanol–water partition coefficient (Wildman–Crippen LogP) is 1.39. The molecule has 9 heteroatoms. The highest BCUT2D eigenvalue weighted by Gasteiger charge is 2.38. The van der Waals surface area contributed by atoms with Gasteiger partial charge in [0.15, 0.2) is 0 Å². The van der Waals surface area contributed by atoms with Gasteiger partial charge in [-0.2, -0.15) is 8.42 Å². The zero-order valence-corrected chi connectivity index (χ0v) is 16.3. The number of rotatable bonds is 13. The van der Waals surface area contributed by atoms with Crippen molar-refractivity contribution in [2.75, 3.05) is 53.3 Å². The van der Waals surface area contributed by atoms with Gasteiger partial charge in [0, 0.05) is 40.2 Å². The number of nitrogens with zero attached hydrogens (tertiary/aromatic N) is 1. The third-order valence-electron chi connectivity index (χ3n) is 4.42. The summed E-state index contributed by atoms with van der Waals surface area (Å²) in [6.07, 6.45) is 1.34. The Morgan fingerprint density at radius 1 is 0.955 bits per heavy atom. The zero-order chi connectivity index (χ0) is 17.3. The first-order valence-corrected chi connectivity index (χ1v) is 11.2. The summed E-state index contributed by atoms with van der Waals surface area (Å²) in [5, 5.41) is 0. The predicted molar refractivity (Wildman–Crippen MR) is 88.3 cm³/mol. The van der Waals surface area contributed by atoms with Crippen molar-refractivity contribution in [2.24, 2.45) is 0 Å². The largest absolute Gasteiger partial charge is 0.500 e. The molecular weight excluding hydrogens is 326 g/mol. The second kappa shape index (κ2) is 9.96. The second-order valence-corrected chi connectivity index (χ2v) is 10.1.